The van der Waals surface area contributed by atoms with Gasteiger partial charge in [0.1, 0.15) is 6.54 Å². The Morgan fingerprint density at radius 1 is 0.576 bits per heavy atom. The minimum atomic E-state index is 0. The lowest BCUT2D eigenvalue weighted by molar-refractivity contribution is -0.903. The first-order valence-electron chi connectivity index (χ1n) is 14.2. The molecule has 0 aliphatic rings. The molecular weight excluding hydrogens is 424 g/mol. The minimum Gasteiger partial charge on any atom is -1.00 e. The van der Waals surface area contributed by atoms with Crippen LogP contribution in [0, 0.1) is 0 Å². The van der Waals surface area contributed by atoms with E-state index in [1.165, 1.54) is 128 Å². The van der Waals surface area contributed by atoms with E-state index < -0.39 is 0 Å². The summed E-state index contributed by atoms with van der Waals surface area (Å²) in [5, 5.41) is 3.66. The molecule has 0 saturated heterocycles. The van der Waals surface area contributed by atoms with Gasteiger partial charge in [0.05, 0.1) is 20.6 Å². The first-order chi connectivity index (χ1) is 15.6. The quantitative estimate of drug-likeness (QED) is 0.161. The van der Waals surface area contributed by atoms with E-state index >= 15 is 0 Å². The fraction of sp³-hybridized carbons (Fsp3) is 0.800. The molecule has 1 aromatic carbocycles. The summed E-state index contributed by atoms with van der Waals surface area (Å²) in [6, 6.07) is 10.9. The lowest BCUT2D eigenvalue weighted by Crippen LogP contribution is -3.00. The van der Waals surface area contributed by atoms with Gasteiger partial charge in [0, 0.05) is 18.5 Å². The van der Waals surface area contributed by atoms with E-state index in [4.69, 9.17) is 0 Å². The van der Waals surface area contributed by atoms with Gasteiger partial charge in [0.25, 0.3) is 0 Å². The van der Waals surface area contributed by atoms with Crippen LogP contribution in [0.15, 0.2) is 30.3 Å². The monoisotopic (exact) mass is 480 g/mol. The van der Waals surface area contributed by atoms with Crippen molar-refractivity contribution in [3.63, 3.8) is 0 Å². The van der Waals surface area contributed by atoms with Crippen LogP contribution < -0.4 is 17.7 Å². The number of hydrogen-bond donors (Lipinski definition) is 1. The third-order valence-corrected chi connectivity index (χ3v) is 6.78. The molecule has 1 rings (SSSR count). The molecule has 0 aromatic heterocycles. The Balaban J connectivity index is 0.0000102. The van der Waals surface area contributed by atoms with E-state index in [9.17, 15) is 0 Å². The van der Waals surface area contributed by atoms with Crippen LogP contribution in [0.2, 0.25) is 0 Å². The van der Waals surface area contributed by atoms with E-state index in [0.717, 1.165) is 17.6 Å². The second-order valence-corrected chi connectivity index (χ2v) is 10.7. The number of nitrogens with zero attached hydrogens (tertiary/aromatic N) is 1. The summed E-state index contributed by atoms with van der Waals surface area (Å²) in [5.74, 6) is 0. The number of quaternary nitrogens is 1. The molecule has 3 heteroatoms. The zero-order valence-corrected chi connectivity index (χ0v) is 23.3. The maximum Gasteiger partial charge on any atom is 0.104 e. The van der Waals surface area contributed by atoms with Crippen molar-refractivity contribution < 1.29 is 16.9 Å². The zero-order chi connectivity index (χ0) is 23.2. The largest absolute Gasteiger partial charge is 1.00 e. The Morgan fingerprint density at radius 2 is 1.00 bits per heavy atom. The number of halogens is 1. The Morgan fingerprint density at radius 3 is 1.48 bits per heavy atom. The second-order valence-electron chi connectivity index (χ2n) is 10.7. The molecule has 194 valence electrons. The van der Waals surface area contributed by atoms with Crippen molar-refractivity contribution in [1.82, 2.24) is 5.32 Å². The molecule has 0 radical (unpaired) electrons. The summed E-state index contributed by atoms with van der Waals surface area (Å²) in [6.45, 7) is 7.02. The average molecular weight is 481 g/mol. The fourth-order valence-electron chi connectivity index (χ4n) is 4.71. The molecule has 0 aliphatic carbocycles. The summed E-state index contributed by atoms with van der Waals surface area (Å²) in [6.07, 6.45) is 24.4. The number of benzene rings is 1. The SMILES string of the molecule is CCCCCCCCCCCCCCCCCCNCCC[N+](C)(C)Cc1ccccc1.[Cl-]. The molecule has 0 fully saturated rings. The molecule has 1 aromatic rings. The standard InChI is InChI=1S/C30H57N2.ClH/c1-4-5-6-7-8-9-10-11-12-13-14-15-16-17-18-22-26-31-27-23-28-32(2,3)29-30-24-20-19-21-25-30;/h19-21,24-25,31H,4-18,22-23,26-29H2,1-3H3;1H/q+1;/p-1. The Hall–Kier alpha value is -0.570. The van der Waals surface area contributed by atoms with Gasteiger partial charge >= 0.3 is 0 Å². The zero-order valence-electron chi connectivity index (χ0n) is 22.6. The van der Waals surface area contributed by atoms with Crippen molar-refractivity contribution in [2.75, 3.05) is 33.7 Å². The van der Waals surface area contributed by atoms with E-state index in [1.807, 2.05) is 0 Å². The molecule has 0 bridgehead atoms. The van der Waals surface area contributed by atoms with Crippen LogP contribution in [0.4, 0.5) is 0 Å². The minimum absolute atomic E-state index is 0. The van der Waals surface area contributed by atoms with Crippen LogP contribution in [0.25, 0.3) is 0 Å². The highest BCUT2D eigenvalue weighted by molar-refractivity contribution is 5.13. The predicted molar refractivity (Wildman–Crippen MR) is 144 cm³/mol. The molecule has 1 N–H and O–H groups in total. The average Bonchev–Trinajstić information content (AvgIpc) is 2.78. The van der Waals surface area contributed by atoms with E-state index in [0.29, 0.717) is 0 Å². The molecule has 0 atom stereocenters. The Kier molecular flexibility index (Phi) is 22.8. The predicted octanol–water partition coefficient (Wildman–Crippen LogP) is 5.51. The van der Waals surface area contributed by atoms with Crippen LogP contribution in [0.3, 0.4) is 0 Å². The first kappa shape index (κ1) is 32.4. The molecule has 0 unspecified atom stereocenters. The van der Waals surface area contributed by atoms with Crippen molar-refractivity contribution in [1.29, 1.82) is 0 Å². The number of rotatable bonds is 23. The van der Waals surface area contributed by atoms with Crippen molar-refractivity contribution in [2.45, 2.75) is 123 Å². The lowest BCUT2D eigenvalue weighted by atomic mass is 10.0. The van der Waals surface area contributed by atoms with Crippen LogP contribution in [-0.2, 0) is 6.54 Å². The van der Waals surface area contributed by atoms with Crippen molar-refractivity contribution >= 4 is 0 Å². The van der Waals surface area contributed by atoms with Gasteiger partial charge in [-0.3, -0.25) is 0 Å². The number of hydrogen-bond acceptors (Lipinski definition) is 1. The van der Waals surface area contributed by atoms with Gasteiger partial charge in [-0.2, -0.15) is 0 Å². The van der Waals surface area contributed by atoms with Gasteiger partial charge in [0.15, 0.2) is 0 Å². The van der Waals surface area contributed by atoms with Crippen LogP contribution in [0.1, 0.15) is 122 Å². The smallest absolute Gasteiger partial charge is 0.104 e. The van der Waals surface area contributed by atoms with Crippen molar-refractivity contribution in [3.8, 4) is 0 Å². The molecule has 0 spiro atoms. The Bertz CT molecular complexity index is 503. The van der Waals surface area contributed by atoms with E-state index in [-0.39, 0.29) is 12.4 Å². The van der Waals surface area contributed by atoms with Crippen LogP contribution in [0.5, 0.6) is 0 Å². The van der Waals surface area contributed by atoms with Crippen molar-refractivity contribution in [2.24, 2.45) is 0 Å². The highest BCUT2D eigenvalue weighted by atomic mass is 35.5. The molecule has 0 heterocycles. The summed E-state index contributed by atoms with van der Waals surface area (Å²) in [7, 11) is 4.70. The van der Waals surface area contributed by atoms with Gasteiger partial charge in [-0.1, -0.05) is 134 Å². The van der Waals surface area contributed by atoms with Gasteiger partial charge in [-0.05, 0) is 13.0 Å². The molecule has 0 amide bonds. The maximum atomic E-state index is 3.66. The van der Waals surface area contributed by atoms with Crippen LogP contribution in [-0.4, -0.2) is 38.2 Å². The maximum absolute atomic E-state index is 3.66. The normalized spacial score (nSPS) is 11.5. The third-order valence-electron chi connectivity index (χ3n) is 6.78. The lowest BCUT2D eigenvalue weighted by Gasteiger charge is -2.30. The second kappa shape index (κ2) is 23.2. The highest BCUT2D eigenvalue weighted by Crippen LogP contribution is 2.14. The molecule has 2 nitrogen and oxygen atoms in total. The third kappa shape index (κ3) is 21.7. The summed E-state index contributed by atoms with van der Waals surface area (Å²) < 4.78 is 1.07. The highest BCUT2D eigenvalue weighted by Gasteiger charge is 2.14. The fourth-order valence-corrected chi connectivity index (χ4v) is 4.71. The van der Waals surface area contributed by atoms with E-state index in [2.05, 4.69) is 56.7 Å². The summed E-state index contributed by atoms with van der Waals surface area (Å²) in [5.41, 5.74) is 1.44. The Labute approximate surface area is 214 Å². The number of unbranched alkanes of at least 4 members (excludes halogenated alkanes) is 15. The van der Waals surface area contributed by atoms with Gasteiger partial charge in [-0.25, -0.2) is 0 Å². The molecule has 0 aliphatic heterocycles. The summed E-state index contributed by atoms with van der Waals surface area (Å²) in [4.78, 5) is 0. The van der Waals surface area contributed by atoms with Crippen molar-refractivity contribution in [3.05, 3.63) is 35.9 Å². The molecule has 0 saturated carbocycles. The van der Waals surface area contributed by atoms with Gasteiger partial charge in [0.2, 0.25) is 0 Å². The number of nitrogens with one attached hydrogen (secondary N) is 1. The van der Waals surface area contributed by atoms with Gasteiger partial charge in [-0.15, -0.1) is 0 Å². The molecular formula is C30H57ClN2. The van der Waals surface area contributed by atoms with E-state index in [1.54, 1.807) is 0 Å². The van der Waals surface area contributed by atoms with Gasteiger partial charge < -0.3 is 22.2 Å². The molecule has 33 heavy (non-hydrogen) atoms. The summed E-state index contributed by atoms with van der Waals surface area (Å²) >= 11 is 0. The first-order valence-corrected chi connectivity index (χ1v) is 14.2. The van der Waals surface area contributed by atoms with Crippen LogP contribution >= 0.6 is 0 Å². The topological polar surface area (TPSA) is 12.0 Å².